The number of urea groups is 1. The van der Waals surface area contributed by atoms with Crippen LogP contribution in [0.1, 0.15) is 0 Å². The highest BCUT2D eigenvalue weighted by Crippen LogP contribution is 2.20. The fourth-order valence-electron chi connectivity index (χ4n) is 1.82. The number of allylic oxidation sites excluding steroid dienone is 2. The summed E-state index contributed by atoms with van der Waals surface area (Å²) < 4.78 is 0. The number of nitrogens with one attached hydrogen (secondary N) is 3. The predicted octanol–water partition coefficient (Wildman–Crippen LogP) is 2.96. The zero-order valence-corrected chi connectivity index (χ0v) is 16.9. The molecule has 9 nitrogen and oxygen atoms in total. The quantitative estimate of drug-likeness (QED) is 0.449. The van der Waals surface area contributed by atoms with E-state index in [9.17, 15) is 4.79 Å². The Labute approximate surface area is 171 Å². The lowest BCUT2D eigenvalue weighted by molar-refractivity contribution is 0.254. The first-order chi connectivity index (χ1) is 13.4. The molecule has 0 aromatic carbocycles. The standard InChI is InChI=1S/C17H19ClN8OS/c1-11(19-3)7-13(9-20-12(2)28-4)24-17(27)25-14-8-15(18)16(21-10-14)26-22-5-6-23-26/h5-10,19H,1-2H2,3-4H3,(H2,24,25,27)/b13-7+,20-9-. The number of carbonyl (C=O) groups excluding carboxylic acids is 1. The predicted molar refractivity (Wildman–Crippen MR) is 114 cm³/mol. The van der Waals surface area contributed by atoms with Crippen LogP contribution in [0.15, 0.2) is 65.3 Å². The third-order valence-corrected chi connectivity index (χ3v) is 4.03. The molecule has 0 bridgehead atoms. The van der Waals surface area contributed by atoms with E-state index in [1.54, 1.807) is 19.2 Å². The molecule has 0 aliphatic carbocycles. The van der Waals surface area contributed by atoms with Crippen LogP contribution in [0.5, 0.6) is 0 Å². The number of thioether (sulfide) groups is 1. The smallest absolute Gasteiger partial charge is 0.323 e. The SMILES string of the molecule is C=C(/C=C(\C=N/C(=C)SC)NC(=O)Nc1cnc(-n2nccn2)c(Cl)c1)NC. The molecular formula is C17H19ClN8OS. The molecule has 3 N–H and O–H groups in total. The summed E-state index contributed by atoms with van der Waals surface area (Å²) in [5.41, 5.74) is 1.41. The van der Waals surface area contributed by atoms with Gasteiger partial charge < -0.3 is 16.0 Å². The number of carbonyl (C=O) groups is 1. The number of halogens is 1. The number of nitrogens with zero attached hydrogens (tertiary/aromatic N) is 5. The third-order valence-electron chi connectivity index (χ3n) is 3.18. The summed E-state index contributed by atoms with van der Waals surface area (Å²) in [6.07, 6.45) is 9.45. The molecule has 0 unspecified atom stereocenters. The lowest BCUT2D eigenvalue weighted by atomic mass is 10.3. The minimum Gasteiger partial charge on any atom is -0.389 e. The molecule has 0 fully saturated rings. The average molecular weight is 419 g/mol. The Morgan fingerprint density at radius 2 is 2.07 bits per heavy atom. The first-order valence-electron chi connectivity index (χ1n) is 7.88. The number of likely N-dealkylation sites (N-methyl/N-ethyl adjacent to an activating group) is 1. The lowest BCUT2D eigenvalue weighted by Gasteiger charge is -2.10. The van der Waals surface area contributed by atoms with Crippen LogP contribution in [0, 0.1) is 0 Å². The van der Waals surface area contributed by atoms with Crippen molar-refractivity contribution in [1.82, 2.24) is 30.6 Å². The highest BCUT2D eigenvalue weighted by molar-refractivity contribution is 8.02. The molecule has 2 rings (SSSR count). The normalized spacial score (nSPS) is 11.3. The van der Waals surface area contributed by atoms with Gasteiger partial charge in [-0.3, -0.25) is 0 Å². The molecule has 11 heteroatoms. The summed E-state index contributed by atoms with van der Waals surface area (Å²) in [6.45, 7) is 7.57. The number of hydrogen-bond acceptors (Lipinski definition) is 7. The first kappa shape index (κ1) is 21.2. The highest BCUT2D eigenvalue weighted by Gasteiger charge is 2.10. The largest absolute Gasteiger partial charge is 0.389 e. The fourth-order valence-corrected chi connectivity index (χ4v) is 2.22. The van der Waals surface area contributed by atoms with Crippen molar-refractivity contribution in [2.24, 2.45) is 4.99 Å². The Kier molecular flexibility index (Phi) is 7.78. The highest BCUT2D eigenvalue weighted by atomic mass is 35.5. The van der Waals surface area contributed by atoms with Gasteiger partial charge in [0.1, 0.15) is 0 Å². The minimum absolute atomic E-state index is 0.283. The molecule has 2 amide bonds. The molecule has 0 atom stereocenters. The number of pyridine rings is 1. The van der Waals surface area contributed by atoms with E-state index in [1.165, 1.54) is 41.4 Å². The van der Waals surface area contributed by atoms with Crippen molar-refractivity contribution in [3.8, 4) is 5.82 Å². The maximum Gasteiger partial charge on any atom is 0.323 e. The van der Waals surface area contributed by atoms with Crippen molar-refractivity contribution in [3.05, 3.63) is 65.3 Å². The summed E-state index contributed by atoms with van der Waals surface area (Å²) in [7, 11) is 1.72. The van der Waals surface area contributed by atoms with Gasteiger partial charge in [0.25, 0.3) is 0 Å². The van der Waals surface area contributed by atoms with Gasteiger partial charge in [-0.25, -0.2) is 14.8 Å². The van der Waals surface area contributed by atoms with Crippen molar-refractivity contribution in [2.45, 2.75) is 0 Å². The Morgan fingerprint density at radius 3 is 2.68 bits per heavy atom. The molecule has 0 radical (unpaired) electrons. The van der Waals surface area contributed by atoms with Crippen LogP contribution < -0.4 is 16.0 Å². The number of hydrogen-bond donors (Lipinski definition) is 3. The molecule has 0 saturated carbocycles. The molecule has 0 saturated heterocycles. The Hall–Kier alpha value is -3.11. The van der Waals surface area contributed by atoms with Crippen LogP contribution in [0.25, 0.3) is 5.82 Å². The van der Waals surface area contributed by atoms with Gasteiger partial charge in [0.2, 0.25) is 0 Å². The lowest BCUT2D eigenvalue weighted by Crippen LogP contribution is -2.29. The molecule has 0 spiro atoms. The second kappa shape index (κ2) is 10.3. The Morgan fingerprint density at radius 1 is 1.36 bits per heavy atom. The Bertz CT molecular complexity index is 923. The van der Waals surface area contributed by atoms with Crippen molar-refractivity contribution < 1.29 is 4.79 Å². The van der Waals surface area contributed by atoms with Crippen LogP contribution in [-0.4, -0.2) is 45.5 Å². The zero-order valence-electron chi connectivity index (χ0n) is 15.3. The van der Waals surface area contributed by atoms with E-state index in [-0.39, 0.29) is 5.02 Å². The average Bonchev–Trinajstić information content (AvgIpc) is 3.20. The van der Waals surface area contributed by atoms with Gasteiger partial charge in [0.05, 0.1) is 46.2 Å². The summed E-state index contributed by atoms with van der Waals surface area (Å²) in [6, 6.07) is 1.05. The van der Waals surface area contributed by atoms with Gasteiger partial charge in [0, 0.05) is 12.7 Å². The fraction of sp³-hybridized carbons (Fsp3) is 0.118. The first-order valence-corrected chi connectivity index (χ1v) is 9.48. The van der Waals surface area contributed by atoms with Gasteiger partial charge in [-0.15, -0.1) is 16.6 Å². The van der Waals surface area contributed by atoms with Crippen LogP contribution >= 0.6 is 23.4 Å². The van der Waals surface area contributed by atoms with E-state index >= 15 is 0 Å². The van der Waals surface area contributed by atoms with Crippen molar-refractivity contribution in [3.63, 3.8) is 0 Å². The van der Waals surface area contributed by atoms with E-state index in [0.717, 1.165) is 0 Å². The van der Waals surface area contributed by atoms with Crippen molar-refractivity contribution in [1.29, 1.82) is 0 Å². The molecule has 0 aliphatic rings. The zero-order chi connectivity index (χ0) is 20.5. The minimum atomic E-state index is -0.501. The van der Waals surface area contributed by atoms with Crippen LogP contribution in [0.3, 0.4) is 0 Å². The van der Waals surface area contributed by atoms with E-state index in [1.807, 2.05) is 6.26 Å². The molecule has 2 heterocycles. The van der Waals surface area contributed by atoms with E-state index < -0.39 is 6.03 Å². The third kappa shape index (κ3) is 6.25. The number of anilines is 1. The molecular weight excluding hydrogens is 400 g/mol. The maximum absolute atomic E-state index is 12.3. The second-order valence-electron chi connectivity index (χ2n) is 5.16. The van der Waals surface area contributed by atoms with Gasteiger partial charge >= 0.3 is 6.03 Å². The number of aliphatic imine (C=N–C) groups is 1. The molecule has 2 aromatic rings. The second-order valence-corrected chi connectivity index (χ2v) is 6.44. The monoisotopic (exact) mass is 418 g/mol. The number of amides is 2. The maximum atomic E-state index is 12.3. The molecule has 0 aliphatic heterocycles. The van der Waals surface area contributed by atoms with Crippen LogP contribution in [-0.2, 0) is 0 Å². The molecule has 2 aromatic heterocycles. The van der Waals surface area contributed by atoms with Crippen molar-refractivity contribution >= 4 is 41.3 Å². The summed E-state index contributed by atoms with van der Waals surface area (Å²) in [5, 5.41) is 17.0. The van der Waals surface area contributed by atoms with Gasteiger partial charge in [0.15, 0.2) is 5.82 Å². The summed E-state index contributed by atoms with van der Waals surface area (Å²) >= 11 is 7.59. The molecule has 146 valence electrons. The van der Waals surface area contributed by atoms with Crippen molar-refractivity contribution in [2.75, 3.05) is 18.6 Å². The van der Waals surface area contributed by atoms with Gasteiger partial charge in [-0.05, 0) is 18.4 Å². The Balaban J connectivity index is 2.10. The van der Waals surface area contributed by atoms with E-state index in [2.05, 4.69) is 49.3 Å². The van der Waals surface area contributed by atoms with E-state index in [0.29, 0.717) is 27.9 Å². The van der Waals surface area contributed by atoms with Gasteiger partial charge in [-0.1, -0.05) is 24.8 Å². The summed E-state index contributed by atoms with van der Waals surface area (Å²) in [5.74, 6) is 0.353. The van der Waals surface area contributed by atoms with Gasteiger partial charge in [-0.2, -0.15) is 10.2 Å². The van der Waals surface area contributed by atoms with E-state index in [4.69, 9.17) is 11.6 Å². The van der Waals surface area contributed by atoms with Crippen LogP contribution in [0.4, 0.5) is 10.5 Å². The number of aromatic nitrogens is 4. The number of rotatable bonds is 8. The summed E-state index contributed by atoms with van der Waals surface area (Å²) in [4.78, 5) is 21.9. The topological polar surface area (TPSA) is 109 Å². The molecule has 28 heavy (non-hydrogen) atoms. The van der Waals surface area contributed by atoms with Crippen LogP contribution in [0.2, 0.25) is 5.02 Å².